The Balaban J connectivity index is 2.36. The van der Waals surface area contributed by atoms with Gasteiger partial charge in [-0.1, -0.05) is 185 Å². The maximum absolute atomic E-state index is 12.9. The molecule has 66 heavy (non-hydrogen) atoms. The molecule has 4 N–H and O–H groups in total. The van der Waals surface area contributed by atoms with Gasteiger partial charge in [0.15, 0.2) is 12.4 Å². The Morgan fingerprint density at radius 2 is 0.909 bits per heavy atom. The van der Waals surface area contributed by atoms with Gasteiger partial charge in [-0.3, -0.25) is 14.1 Å². The Morgan fingerprint density at radius 3 is 1.38 bits per heavy atom. The third-order valence-electron chi connectivity index (χ3n) is 12.2. The Labute approximate surface area is 401 Å². The van der Waals surface area contributed by atoms with E-state index < -0.39 is 71.2 Å². The van der Waals surface area contributed by atoms with E-state index in [0.29, 0.717) is 12.8 Å². The third kappa shape index (κ3) is 36.9. The molecule has 0 radical (unpaired) electrons. The summed E-state index contributed by atoms with van der Waals surface area (Å²) in [5.41, 5.74) is 0. The predicted molar refractivity (Wildman–Crippen MR) is 266 cm³/mol. The number of hydrogen-bond donors (Lipinski definition) is 4. The molecule has 1 aliphatic rings. The summed E-state index contributed by atoms with van der Waals surface area (Å²) in [6.45, 7) is 3.76. The van der Waals surface area contributed by atoms with Crippen molar-refractivity contribution in [2.24, 2.45) is 0 Å². The van der Waals surface area contributed by atoms with Gasteiger partial charge in [-0.05, 0) is 70.6 Å². The number of carbonyl (C=O) groups is 2. The first-order valence-electron chi connectivity index (χ1n) is 26.5. The second-order valence-electron chi connectivity index (χ2n) is 18.5. The quantitative estimate of drug-likeness (QED) is 0.0196. The maximum Gasteiger partial charge on any atom is 0.306 e. The number of hydrogen-bond acceptors (Lipinski definition) is 11. The average molecular weight is 957 g/mol. The summed E-state index contributed by atoms with van der Waals surface area (Å²) in [4.78, 5) is 25.6. The second kappa shape index (κ2) is 42.9. The van der Waals surface area contributed by atoms with E-state index in [4.69, 9.17) is 18.9 Å². The highest BCUT2D eigenvalue weighted by Gasteiger charge is 2.46. The summed E-state index contributed by atoms with van der Waals surface area (Å²) in [6.07, 6.45) is 41.7. The Kier molecular flexibility index (Phi) is 40.3. The van der Waals surface area contributed by atoms with Gasteiger partial charge in [0.25, 0.3) is 10.1 Å². The first-order valence-corrected chi connectivity index (χ1v) is 28.2. The van der Waals surface area contributed by atoms with Crippen molar-refractivity contribution in [3.05, 3.63) is 36.5 Å². The molecular formula is C53H96O12S. The molecular weight excluding hydrogens is 861 g/mol. The van der Waals surface area contributed by atoms with E-state index in [1.165, 1.54) is 135 Å². The number of rotatable bonds is 45. The molecule has 0 aromatic rings. The highest BCUT2D eigenvalue weighted by atomic mass is 32.2. The lowest BCUT2D eigenvalue weighted by atomic mass is 10.00. The van der Waals surface area contributed by atoms with Crippen molar-refractivity contribution in [2.75, 3.05) is 19.0 Å². The molecule has 1 heterocycles. The maximum atomic E-state index is 12.9. The van der Waals surface area contributed by atoms with Crippen LogP contribution in [0.5, 0.6) is 0 Å². The lowest BCUT2D eigenvalue weighted by Crippen LogP contribution is -2.60. The highest BCUT2D eigenvalue weighted by molar-refractivity contribution is 7.85. The summed E-state index contributed by atoms with van der Waals surface area (Å²) in [6, 6.07) is 0. The van der Waals surface area contributed by atoms with E-state index in [-0.39, 0.29) is 19.4 Å². The number of aliphatic hydroxyl groups excluding tert-OH is 3. The SMILES string of the molecule is CCCCC/C=C/C/C=C/CCCCCCCCCCCC(=O)O[C@H](COC(=O)CCCCCCCCCCC/C=C/CCCCCCCC)CO[C@H]1O[C@H](CS(=O)(=O)O)[C@@H](O)C(O)C1O. The van der Waals surface area contributed by atoms with Crippen LogP contribution >= 0.6 is 0 Å². The second-order valence-corrected chi connectivity index (χ2v) is 20.0. The molecule has 386 valence electrons. The first kappa shape index (κ1) is 61.9. The third-order valence-corrected chi connectivity index (χ3v) is 12.9. The number of esters is 2. The van der Waals surface area contributed by atoms with Crippen molar-refractivity contribution in [3.63, 3.8) is 0 Å². The normalized spacial score (nSPS) is 19.6. The molecule has 0 aromatic heterocycles. The molecule has 1 saturated heterocycles. The van der Waals surface area contributed by atoms with Gasteiger partial charge in [0, 0.05) is 12.8 Å². The highest BCUT2D eigenvalue weighted by Crippen LogP contribution is 2.24. The molecule has 6 atom stereocenters. The van der Waals surface area contributed by atoms with E-state index in [9.17, 15) is 37.9 Å². The van der Waals surface area contributed by atoms with E-state index >= 15 is 0 Å². The Bertz CT molecular complexity index is 1350. The number of unbranched alkanes of at least 4 members (excludes halogenated alkanes) is 27. The predicted octanol–water partition coefficient (Wildman–Crippen LogP) is 12.1. The van der Waals surface area contributed by atoms with Crippen LogP contribution < -0.4 is 0 Å². The summed E-state index contributed by atoms with van der Waals surface area (Å²) in [7, 11) is -4.61. The van der Waals surface area contributed by atoms with Crippen LogP contribution in [0.1, 0.15) is 232 Å². The summed E-state index contributed by atoms with van der Waals surface area (Å²) < 4.78 is 54.3. The van der Waals surface area contributed by atoms with Crippen molar-refractivity contribution in [3.8, 4) is 0 Å². The van der Waals surface area contributed by atoms with Gasteiger partial charge in [0.1, 0.15) is 36.8 Å². The lowest BCUT2D eigenvalue weighted by molar-refractivity contribution is -0.297. The zero-order valence-corrected chi connectivity index (χ0v) is 42.4. The Hall–Kier alpha value is -2.13. The van der Waals surface area contributed by atoms with Gasteiger partial charge in [-0.2, -0.15) is 8.42 Å². The van der Waals surface area contributed by atoms with E-state index in [0.717, 1.165) is 57.8 Å². The number of ether oxygens (including phenoxy) is 4. The molecule has 1 rings (SSSR count). The van der Waals surface area contributed by atoms with E-state index in [1.807, 2.05) is 0 Å². The van der Waals surface area contributed by atoms with Crippen LogP contribution in [0.4, 0.5) is 0 Å². The van der Waals surface area contributed by atoms with Crippen molar-refractivity contribution >= 4 is 22.1 Å². The molecule has 1 fully saturated rings. The molecule has 13 heteroatoms. The molecule has 0 amide bonds. The van der Waals surface area contributed by atoms with Gasteiger partial charge >= 0.3 is 11.9 Å². The van der Waals surface area contributed by atoms with Crippen molar-refractivity contribution in [1.82, 2.24) is 0 Å². The molecule has 1 aliphatic heterocycles. The van der Waals surface area contributed by atoms with Gasteiger partial charge in [0.05, 0.1) is 6.61 Å². The molecule has 12 nitrogen and oxygen atoms in total. The van der Waals surface area contributed by atoms with Gasteiger partial charge in [-0.15, -0.1) is 0 Å². The van der Waals surface area contributed by atoms with E-state index in [2.05, 4.69) is 50.3 Å². The van der Waals surface area contributed by atoms with Crippen molar-refractivity contribution < 1.29 is 56.8 Å². The number of carbonyl (C=O) groups excluding carboxylic acids is 2. The summed E-state index contributed by atoms with van der Waals surface area (Å²) in [5.74, 6) is -1.98. The topological polar surface area (TPSA) is 186 Å². The minimum Gasteiger partial charge on any atom is -0.462 e. The fraction of sp³-hybridized carbons (Fsp3) is 0.849. The van der Waals surface area contributed by atoms with Crippen LogP contribution in [0.25, 0.3) is 0 Å². The molecule has 0 aliphatic carbocycles. The molecule has 0 bridgehead atoms. The van der Waals surface area contributed by atoms with Crippen LogP contribution in [0.2, 0.25) is 0 Å². The minimum absolute atomic E-state index is 0.160. The molecule has 0 saturated carbocycles. The largest absolute Gasteiger partial charge is 0.462 e. The van der Waals surface area contributed by atoms with Crippen LogP contribution in [0.3, 0.4) is 0 Å². The lowest BCUT2D eigenvalue weighted by Gasteiger charge is -2.40. The fourth-order valence-electron chi connectivity index (χ4n) is 8.06. The van der Waals surface area contributed by atoms with Gasteiger partial charge in [-0.25, -0.2) is 0 Å². The summed E-state index contributed by atoms with van der Waals surface area (Å²) in [5, 5.41) is 31.0. The molecule has 2 unspecified atom stereocenters. The first-order chi connectivity index (χ1) is 32.0. The standard InChI is InChI=1S/C53H96O12S/c1-3-5-7-9-11-13-15-17-19-21-23-25-27-29-31-33-35-37-39-41-48(54)62-43-46(44-63-53-52(58)51(57)50(56)47(65-53)45-66(59,60)61)64-49(55)42-40-38-36-34-32-30-28-26-24-22-20-18-16-14-12-10-8-6-4-2/h12,14,17-20,46-47,50-53,56-58H,3-11,13,15-16,21-45H2,1-2H3,(H,59,60,61)/b14-12+,19-17+,20-18+/t46-,47-,50-,51?,52?,53+/m1/s1. The zero-order valence-electron chi connectivity index (χ0n) is 41.6. The zero-order chi connectivity index (χ0) is 48.4. The fourth-order valence-corrected chi connectivity index (χ4v) is 8.75. The van der Waals surface area contributed by atoms with E-state index in [1.54, 1.807) is 0 Å². The minimum atomic E-state index is -4.61. The average Bonchev–Trinajstić information content (AvgIpc) is 3.28. The van der Waals surface area contributed by atoms with Crippen LogP contribution in [0.15, 0.2) is 36.5 Å². The van der Waals surface area contributed by atoms with Gasteiger partial charge in [0.2, 0.25) is 0 Å². The van der Waals surface area contributed by atoms with Crippen molar-refractivity contribution in [2.45, 2.75) is 269 Å². The summed E-state index contributed by atoms with van der Waals surface area (Å²) >= 11 is 0. The Morgan fingerprint density at radius 1 is 0.515 bits per heavy atom. The molecule has 0 spiro atoms. The van der Waals surface area contributed by atoms with Crippen LogP contribution in [0, 0.1) is 0 Å². The van der Waals surface area contributed by atoms with Crippen molar-refractivity contribution in [1.29, 1.82) is 0 Å². The number of allylic oxidation sites excluding steroid dienone is 6. The number of aliphatic hydroxyl groups is 3. The molecule has 0 aromatic carbocycles. The van der Waals surface area contributed by atoms with Gasteiger partial charge < -0.3 is 34.3 Å². The monoisotopic (exact) mass is 957 g/mol. The van der Waals surface area contributed by atoms with Crippen LogP contribution in [-0.2, 0) is 38.7 Å². The smallest absolute Gasteiger partial charge is 0.306 e. The van der Waals surface area contributed by atoms with Crippen LogP contribution in [-0.4, -0.2) is 96.0 Å².